The molecule has 1 rings (SSSR count). The molecule has 1 aromatic heterocycles. The number of nitrogens with zero attached hydrogens (tertiary/aromatic N) is 1. The van der Waals surface area contributed by atoms with Crippen molar-refractivity contribution in [3.05, 3.63) is 24.0 Å². The monoisotopic (exact) mass is 224 g/mol. The van der Waals surface area contributed by atoms with Gasteiger partial charge in [-0.15, -0.1) is 0 Å². The summed E-state index contributed by atoms with van der Waals surface area (Å²) in [7, 11) is 1.72. The highest BCUT2D eigenvalue weighted by Gasteiger charge is 2.15. The highest BCUT2D eigenvalue weighted by molar-refractivity contribution is 5.16. The van der Waals surface area contributed by atoms with Crippen LogP contribution in [-0.2, 0) is 11.5 Å². The lowest BCUT2D eigenvalue weighted by atomic mass is 9.98. The van der Waals surface area contributed by atoms with Crippen LogP contribution in [0.1, 0.15) is 38.8 Å². The van der Waals surface area contributed by atoms with Crippen molar-refractivity contribution >= 4 is 0 Å². The molecule has 0 aromatic carbocycles. The van der Waals surface area contributed by atoms with Crippen molar-refractivity contribution < 1.29 is 4.74 Å². The zero-order chi connectivity index (χ0) is 12.0. The molecule has 92 valence electrons. The summed E-state index contributed by atoms with van der Waals surface area (Å²) in [6, 6.07) is 2.62. The Morgan fingerprint density at radius 1 is 1.44 bits per heavy atom. The van der Waals surface area contributed by atoms with Crippen LogP contribution in [0.25, 0.3) is 0 Å². The fourth-order valence-corrected chi connectivity index (χ4v) is 1.91. The lowest BCUT2D eigenvalue weighted by molar-refractivity contribution is 0.131. The summed E-state index contributed by atoms with van der Waals surface area (Å²) in [4.78, 5) is 0. The molecule has 1 N–H and O–H groups in total. The van der Waals surface area contributed by atoms with Crippen molar-refractivity contribution in [1.82, 2.24) is 9.88 Å². The number of rotatable bonds is 7. The van der Waals surface area contributed by atoms with Crippen LogP contribution >= 0.6 is 0 Å². The van der Waals surface area contributed by atoms with E-state index < -0.39 is 0 Å². The maximum absolute atomic E-state index is 5.11. The van der Waals surface area contributed by atoms with Crippen LogP contribution in [0, 0.1) is 5.92 Å². The van der Waals surface area contributed by atoms with Crippen LogP contribution in [0.4, 0.5) is 0 Å². The summed E-state index contributed by atoms with van der Waals surface area (Å²) in [5.74, 6) is 0.602. The van der Waals surface area contributed by atoms with Crippen LogP contribution in [-0.4, -0.2) is 18.2 Å². The number of nitrogens with one attached hydrogen (secondary N) is 1. The van der Waals surface area contributed by atoms with Crippen molar-refractivity contribution in [2.75, 3.05) is 13.7 Å². The molecule has 0 bridgehead atoms. The quantitative estimate of drug-likeness (QED) is 0.770. The third-order valence-corrected chi connectivity index (χ3v) is 2.69. The molecule has 3 heteroatoms. The van der Waals surface area contributed by atoms with E-state index in [4.69, 9.17) is 4.74 Å². The summed E-state index contributed by atoms with van der Waals surface area (Å²) in [5.41, 5.74) is 1.35. The van der Waals surface area contributed by atoms with Crippen molar-refractivity contribution in [1.29, 1.82) is 0 Å². The molecule has 0 aliphatic heterocycles. The van der Waals surface area contributed by atoms with E-state index in [0.29, 0.717) is 18.7 Å². The SMILES string of the molecule is CCCNC(c1ccn(COC)c1)C(C)C. The van der Waals surface area contributed by atoms with Gasteiger partial charge in [-0.3, -0.25) is 0 Å². The largest absolute Gasteiger partial charge is 0.364 e. The van der Waals surface area contributed by atoms with Gasteiger partial charge in [-0.25, -0.2) is 0 Å². The van der Waals surface area contributed by atoms with Gasteiger partial charge >= 0.3 is 0 Å². The standard InChI is InChI=1S/C13H24N2O/c1-5-7-14-13(11(2)3)12-6-8-15(9-12)10-16-4/h6,8-9,11,13-14H,5,7,10H2,1-4H3. The minimum Gasteiger partial charge on any atom is -0.364 e. The van der Waals surface area contributed by atoms with Gasteiger partial charge in [-0.2, -0.15) is 0 Å². The van der Waals surface area contributed by atoms with Crippen LogP contribution in [0.15, 0.2) is 18.5 Å². The molecule has 1 unspecified atom stereocenters. The molecule has 1 atom stereocenters. The Morgan fingerprint density at radius 2 is 2.19 bits per heavy atom. The number of hydrogen-bond acceptors (Lipinski definition) is 2. The number of hydrogen-bond donors (Lipinski definition) is 1. The number of ether oxygens (including phenoxy) is 1. The molecular formula is C13H24N2O. The van der Waals surface area contributed by atoms with E-state index in [9.17, 15) is 0 Å². The average molecular weight is 224 g/mol. The first-order valence-corrected chi connectivity index (χ1v) is 6.07. The average Bonchev–Trinajstić information content (AvgIpc) is 2.67. The fraction of sp³-hybridized carbons (Fsp3) is 0.692. The van der Waals surface area contributed by atoms with E-state index in [-0.39, 0.29) is 0 Å². The molecule has 0 aliphatic carbocycles. The second kappa shape index (κ2) is 6.71. The third kappa shape index (κ3) is 3.65. The van der Waals surface area contributed by atoms with Gasteiger partial charge in [0.05, 0.1) is 0 Å². The Hall–Kier alpha value is -0.800. The molecule has 3 nitrogen and oxygen atoms in total. The van der Waals surface area contributed by atoms with Gasteiger partial charge in [0.25, 0.3) is 0 Å². The maximum Gasteiger partial charge on any atom is 0.121 e. The summed E-state index contributed by atoms with van der Waals surface area (Å²) < 4.78 is 7.17. The highest BCUT2D eigenvalue weighted by Crippen LogP contribution is 2.21. The predicted molar refractivity (Wildman–Crippen MR) is 67.3 cm³/mol. The van der Waals surface area contributed by atoms with E-state index >= 15 is 0 Å². The summed E-state index contributed by atoms with van der Waals surface area (Å²) in [6.45, 7) is 8.39. The molecule has 0 saturated heterocycles. The summed E-state index contributed by atoms with van der Waals surface area (Å²) >= 11 is 0. The lowest BCUT2D eigenvalue weighted by Gasteiger charge is -2.21. The van der Waals surface area contributed by atoms with E-state index in [0.717, 1.165) is 6.54 Å². The summed E-state index contributed by atoms with van der Waals surface area (Å²) in [5, 5.41) is 3.59. The van der Waals surface area contributed by atoms with Gasteiger partial charge in [0, 0.05) is 25.5 Å². The van der Waals surface area contributed by atoms with Gasteiger partial charge in [0.15, 0.2) is 0 Å². The van der Waals surface area contributed by atoms with Crippen LogP contribution in [0.2, 0.25) is 0 Å². The molecule has 1 aromatic rings. The van der Waals surface area contributed by atoms with Gasteiger partial charge in [-0.05, 0) is 30.5 Å². The normalized spacial score (nSPS) is 13.3. The Morgan fingerprint density at radius 3 is 2.75 bits per heavy atom. The second-order valence-electron chi connectivity index (χ2n) is 4.55. The second-order valence-corrected chi connectivity index (χ2v) is 4.55. The van der Waals surface area contributed by atoms with E-state index in [1.54, 1.807) is 7.11 Å². The first-order chi connectivity index (χ1) is 7.69. The van der Waals surface area contributed by atoms with Crippen molar-refractivity contribution in [3.63, 3.8) is 0 Å². The molecule has 0 amide bonds. The first kappa shape index (κ1) is 13.3. The number of aromatic nitrogens is 1. The van der Waals surface area contributed by atoms with E-state index in [1.807, 2.05) is 0 Å². The zero-order valence-corrected chi connectivity index (χ0v) is 10.9. The molecule has 0 spiro atoms. The molecule has 0 aliphatic rings. The molecule has 0 saturated carbocycles. The smallest absolute Gasteiger partial charge is 0.121 e. The van der Waals surface area contributed by atoms with Crippen molar-refractivity contribution in [2.45, 2.75) is 40.0 Å². The van der Waals surface area contributed by atoms with Crippen LogP contribution in [0.3, 0.4) is 0 Å². The third-order valence-electron chi connectivity index (χ3n) is 2.69. The minimum absolute atomic E-state index is 0.443. The molecule has 16 heavy (non-hydrogen) atoms. The number of methoxy groups -OCH3 is 1. The first-order valence-electron chi connectivity index (χ1n) is 6.07. The van der Waals surface area contributed by atoms with Gasteiger partial charge in [0.2, 0.25) is 0 Å². The molecule has 1 heterocycles. The Bertz CT molecular complexity index is 294. The molecular weight excluding hydrogens is 200 g/mol. The summed E-state index contributed by atoms with van der Waals surface area (Å²) in [6.07, 6.45) is 5.40. The molecule has 0 radical (unpaired) electrons. The lowest BCUT2D eigenvalue weighted by Crippen LogP contribution is -2.26. The van der Waals surface area contributed by atoms with E-state index in [2.05, 4.69) is 49.1 Å². The zero-order valence-electron chi connectivity index (χ0n) is 10.9. The van der Waals surface area contributed by atoms with Crippen molar-refractivity contribution in [2.24, 2.45) is 5.92 Å². The van der Waals surface area contributed by atoms with Gasteiger partial charge in [0.1, 0.15) is 6.73 Å². The molecule has 0 fully saturated rings. The highest BCUT2D eigenvalue weighted by atomic mass is 16.5. The van der Waals surface area contributed by atoms with Gasteiger partial charge < -0.3 is 14.6 Å². The predicted octanol–water partition coefficient (Wildman–Crippen LogP) is 2.79. The maximum atomic E-state index is 5.11. The Kier molecular flexibility index (Phi) is 5.56. The van der Waals surface area contributed by atoms with Gasteiger partial charge in [-0.1, -0.05) is 20.8 Å². The van der Waals surface area contributed by atoms with Crippen LogP contribution in [0.5, 0.6) is 0 Å². The Labute approximate surface area is 98.8 Å². The minimum atomic E-state index is 0.443. The van der Waals surface area contributed by atoms with Crippen molar-refractivity contribution in [3.8, 4) is 0 Å². The fourth-order valence-electron chi connectivity index (χ4n) is 1.91. The Balaban J connectivity index is 2.68. The van der Waals surface area contributed by atoms with Crippen LogP contribution < -0.4 is 5.32 Å². The topological polar surface area (TPSA) is 26.2 Å². The van der Waals surface area contributed by atoms with E-state index in [1.165, 1.54) is 12.0 Å².